The molecule has 1 N–H and O–H groups in total. The molecule has 1 atom stereocenters. The highest BCUT2D eigenvalue weighted by atomic mass is 19.4. The van der Waals surface area contributed by atoms with E-state index in [9.17, 15) is 13.2 Å². The van der Waals surface area contributed by atoms with Crippen LogP contribution in [0.15, 0.2) is 12.1 Å². The molecule has 20 heavy (non-hydrogen) atoms. The summed E-state index contributed by atoms with van der Waals surface area (Å²) in [5.41, 5.74) is -0.311. The van der Waals surface area contributed by atoms with Crippen LogP contribution >= 0.6 is 0 Å². The van der Waals surface area contributed by atoms with Gasteiger partial charge in [0.15, 0.2) is 11.5 Å². The highest BCUT2D eigenvalue weighted by Crippen LogP contribution is 2.45. The maximum absolute atomic E-state index is 12.9. The SMILES string of the molecule is COc1c(C2CNCCO2)ccc(C(F)(F)F)c1OC. The fraction of sp³-hybridized carbons (Fsp3) is 0.538. The third kappa shape index (κ3) is 2.83. The number of nitrogens with one attached hydrogen (secondary N) is 1. The summed E-state index contributed by atoms with van der Waals surface area (Å²) >= 11 is 0. The van der Waals surface area contributed by atoms with E-state index in [2.05, 4.69) is 5.32 Å². The molecule has 1 aliphatic heterocycles. The van der Waals surface area contributed by atoms with E-state index in [0.717, 1.165) is 12.6 Å². The van der Waals surface area contributed by atoms with Crippen LogP contribution < -0.4 is 14.8 Å². The van der Waals surface area contributed by atoms with Crippen molar-refractivity contribution in [2.75, 3.05) is 33.9 Å². The number of rotatable bonds is 3. The van der Waals surface area contributed by atoms with Gasteiger partial charge in [-0.1, -0.05) is 6.07 Å². The van der Waals surface area contributed by atoms with Gasteiger partial charge in [-0.2, -0.15) is 13.2 Å². The van der Waals surface area contributed by atoms with Gasteiger partial charge in [0, 0.05) is 18.7 Å². The molecule has 0 spiro atoms. The first-order valence-corrected chi connectivity index (χ1v) is 6.13. The molecule has 2 rings (SSSR count). The lowest BCUT2D eigenvalue weighted by molar-refractivity contribution is -0.138. The summed E-state index contributed by atoms with van der Waals surface area (Å²) in [7, 11) is 2.51. The third-order valence-corrected chi connectivity index (χ3v) is 3.13. The fourth-order valence-electron chi connectivity index (χ4n) is 2.23. The molecule has 1 heterocycles. The molecular weight excluding hydrogens is 275 g/mol. The molecule has 4 nitrogen and oxygen atoms in total. The quantitative estimate of drug-likeness (QED) is 0.928. The first kappa shape index (κ1) is 14.9. The molecule has 1 saturated heterocycles. The Hall–Kier alpha value is -1.47. The van der Waals surface area contributed by atoms with Gasteiger partial charge >= 0.3 is 6.18 Å². The number of morpholine rings is 1. The number of benzene rings is 1. The first-order valence-electron chi connectivity index (χ1n) is 6.13. The van der Waals surface area contributed by atoms with Crippen LogP contribution in [-0.4, -0.2) is 33.9 Å². The Labute approximate surface area is 114 Å². The second kappa shape index (κ2) is 5.88. The molecule has 112 valence electrons. The Morgan fingerprint density at radius 1 is 1.20 bits per heavy atom. The van der Waals surface area contributed by atoms with Crippen molar-refractivity contribution in [1.82, 2.24) is 5.32 Å². The molecule has 0 bridgehead atoms. The number of halogens is 3. The molecule has 0 aliphatic carbocycles. The smallest absolute Gasteiger partial charge is 0.420 e. The second-order valence-electron chi connectivity index (χ2n) is 4.33. The minimum atomic E-state index is -4.50. The van der Waals surface area contributed by atoms with Crippen molar-refractivity contribution in [3.63, 3.8) is 0 Å². The van der Waals surface area contributed by atoms with Gasteiger partial charge in [0.1, 0.15) is 5.56 Å². The van der Waals surface area contributed by atoms with E-state index < -0.39 is 11.7 Å². The summed E-state index contributed by atoms with van der Waals surface area (Å²) in [6, 6.07) is 2.37. The van der Waals surface area contributed by atoms with Crippen LogP contribution in [0.4, 0.5) is 13.2 Å². The average molecular weight is 291 g/mol. The number of hydrogen-bond acceptors (Lipinski definition) is 4. The second-order valence-corrected chi connectivity index (χ2v) is 4.33. The van der Waals surface area contributed by atoms with E-state index in [1.807, 2.05) is 0 Å². The van der Waals surface area contributed by atoms with E-state index in [1.54, 1.807) is 0 Å². The zero-order valence-electron chi connectivity index (χ0n) is 11.2. The van der Waals surface area contributed by atoms with Crippen molar-refractivity contribution < 1.29 is 27.4 Å². The summed E-state index contributed by atoms with van der Waals surface area (Å²) in [6.45, 7) is 1.73. The highest BCUT2D eigenvalue weighted by Gasteiger charge is 2.37. The van der Waals surface area contributed by atoms with Crippen LogP contribution in [-0.2, 0) is 10.9 Å². The summed E-state index contributed by atoms with van der Waals surface area (Å²) in [6.07, 6.45) is -4.85. The van der Waals surface area contributed by atoms with Gasteiger partial charge in [-0.3, -0.25) is 0 Å². The maximum Gasteiger partial charge on any atom is 0.420 e. The molecule has 0 radical (unpaired) electrons. The van der Waals surface area contributed by atoms with Gasteiger partial charge in [0.25, 0.3) is 0 Å². The lowest BCUT2D eigenvalue weighted by atomic mass is 10.0. The highest BCUT2D eigenvalue weighted by molar-refractivity contribution is 5.54. The summed E-state index contributed by atoms with van der Waals surface area (Å²) in [5.74, 6) is -0.248. The Balaban J connectivity index is 2.48. The van der Waals surface area contributed by atoms with Gasteiger partial charge < -0.3 is 19.5 Å². The third-order valence-electron chi connectivity index (χ3n) is 3.13. The molecule has 1 unspecified atom stereocenters. The summed E-state index contributed by atoms with van der Waals surface area (Å²) in [4.78, 5) is 0. The molecule has 0 saturated carbocycles. The van der Waals surface area contributed by atoms with Crippen molar-refractivity contribution >= 4 is 0 Å². The van der Waals surface area contributed by atoms with E-state index in [-0.39, 0.29) is 17.6 Å². The van der Waals surface area contributed by atoms with Crippen molar-refractivity contribution in [1.29, 1.82) is 0 Å². The van der Waals surface area contributed by atoms with Gasteiger partial charge in [0.05, 0.1) is 26.9 Å². The van der Waals surface area contributed by atoms with Gasteiger partial charge in [-0.15, -0.1) is 0 Å². The Morgan fingerprint density at radius 2 is 1.90 bits per heavy atom. The van der Waals surface area contributed by atoms with Gasteiger partial charge in [-0.05, 0) is 6.07 Å². The standard InChI is InChI=1S/C13H16F3NO3/c1-18-11-8(10-7-17-5-6-20-10)3-4-9(12(11)19-2)13(14,15)16/h3-4,10,17H,5-7H2,1-2H3. The first-order chi connectivity index (χ1) is 9.49. The normalized spacial score (nSPS) is 19.8. The number of ether oxygens (including phenoxy) is 3. The largest absolute Gasteiger partial charge is 0.492 e. The predicted octanol–water partition coefficient (Wildman–Crippen LogP) is 2.38. The van der Waals surface area contributed by atoms with E-state index in [1.165, 1.54) is 20.3 Å². The lowest BCUT2D eigenvalue weighted by Gasteiger charge is -2.27. The summed E-state index contributed by atoms with van der Waals surface area (Å²) in [5, 5.41) is 3.12. The average Bonchev–Trinajstić information content (AvgIpc) is 2.45. The molecule has 1 aliphatic rings. The minimum absolute atomic E-state index is 0.0658. The Bertz CT molecular complexity index is 471. The molecular formula is C13H16F3NO3. The fourth-order valence-corrected chi connectivity index (χ4v) is 2.23. The lowest BCUT2D eigenvalue weighted by Crippen LogP contribution is -2.33. The van der Waals surface area contributed by atoms with Crippen molar-refractivity contribution in [2.24, 2.45) is 0 Å². The van der Waals surface area contributed by atoms with E-state index in [4.69, 9.17) is 14.2 Å². The van der Waals surface area contributed by atoms with Crippen molar-refractivity contribution in [2.45, 2.75) is 12.3 Å². The number of hydrogen-bond donors (Lipinski definition) is 1. The van der Waals surface area contributed by atoms with Crippen LogP contribution in [0.1, 0.15) is 17.2 Å². The summed E-state index contributed by atoms with van der Waals surface area (Å²) < 4.78 is 54.4. The molecule has 1 aromatic rings. The number of alkyl halides is 3. The molecule has 0 aromatic heterocycles. The van der Waals surface area contributed by atoms with Gasteiger partial charge in [-0.25, -0.2) is 0 Å². The number of methoxy groups -OCH3 is 2. The molecule has 7 heteroatoms. The van der Waals surface area contributed by atoms with Gasteiger partial charge in [0.2, 0.25) is 0 Å². The monoisotopic (exact) mass is 291 g/mol. The van der Waals surface area contributed by atoms with Crippen LogP contribution in [0.5, 0.6) is 11.5 Å². The maximum atomic E-state index is 12.9. The zero-order chi connectivity index (χ0) is 14.8. The van der Waals surface area contributed by atoms with E-state index in [0.29, 0.717) is 18.7 Å². The molecule has 1 fully saturated rings. The predicted molar refractivity (Wildman–Crippen MR) is 66.1 cm³/mol. The Kier molecular flexibility index (Phi) is 4.39. The zero-order valence-corrected chi connectivity index (χ0v) is 11.2. The van der Waals surface area contributed by atoms with Crippen LogP contribution in [0.3, 0.4) is 0 Å². The van der Waals surface area contributed by atoms with Crippen LogP contribution in [0, 0.1) is 0 Å². The molecule has 0 amide bonds. The van der Waals surface area contributed by atoms with Crippen LogP contribution in [0.2, 0.25) is 0 Å². The van der Waals surface area contributed by atoms with Crippen molar-refractivity contribution in [3.8, 4) is 11.5 Å². The Morgan fingerprint density at radius 3 is 2.40 bits per heavy atom. The van der Waals surface area contributed by atoms with Crippen LogP contribution in [0.25, 0.3) is 0 Å². The topological polar surface area (TPSA) is 39.7 Å². The minimum Gasteiger partial charge on any atom is -0.492 e. The van der Waals surface area contributed by atoms with E-state index >= 15 is 0 Å². The molecule has 1 aromatic carbocycles. The van der Waals surface area contributed by atoms with Crippen molar-refractivity contribution in [3.05, 3.63) is 23.3 Å².